The molecule has 1 aliphatic rings. The third-order valence-electron chi connectivity index (χ3n) is 3.86. The molecule has 2 aromatic rings. The summed E-state index contributed by atoms with van der Waals surface area (Å²) in [5.74, 6) is 0.685. The van der Waals surface area contributed by atoms with E-state index in [0.717, 1.165) is 24.4 Å². The average Bonchev–Trinajstić information content (AvgIpc) is 3.08. The maximum atomic E-state index is 11.8. The lowest BCUT2D eigenvalue weighted by molar-refractivity contribution is -0.126. The van der Waals surface area contributed by atoms with Crippen molar-refractivity contribution in [1.82, 2.24) is 10.6 Å². The van der Waals surface area contributed by atoms with Crippen LogP contribution in [0.25, 0.3) is 0 Å². The van der Waals surface area contributed by atoms with Gasteiger partial charge < -0.3 is 20.1 Å². The van der Waals surface area contributed by atoms with Gasteiger partial charge in [0.25, 0.3) is 0 Å². The first-order chi connectivity index (χ1) is 11.8. The fraction of sp³-hybridized carbons (Fsp3) is 0.316. The summed E-state index contributed by atoms with van der Waals surface area (Å²) in [5.41, 5.74) is 3.76. The summed E-state index contributed by atoms with van der Waals surface area (Å²) in [6, 6.07) is 15.9. The quantitative estimate of drug-likeness (QED) is 0.708. The molecule has 0 spiro atoms. The summed E-state index contributed by atoms with van der Waals surface area (Å²) in [6.45, 7) is 3.21. The molecule has 5 nitrogen and oxygen atoms in total. The molecule has 134 valence electrons. The molecule has 3 rings (SSSR count). The van der Waals surface area contributed by atoms with Crippen LogP contribution in [0.2, 0.25) is 0 Å². The summed E-state index contributed by atoms with van der Waals surface area (Å²) in [6.07, 6.45) is 0. The van der Waals surface area contributed by atoms with E-state index < -0.39 is 0 Å². The summed E-state index contributed by atoms with van der Waals surface area (Å²) < 4.78 is 10.8. The highest BCUT2D eigenvalue weighted by atomic mass is 35.5. The van der Waals surface area contributed by atoms with Crippen molar-refractivity contribution in [3.63, 3.8) is 0 Å². The maximum Gasteiger partial charge on any atom is 0.246 e. The maximum absolute atomic E-state index is 11.8. The summed E-state index contributed by atoms with van der Waals surface area (Å²) in [7, 11) is 0. The second-order valence-corrected chi connectivity index (χ2v) is 5.70. The van der Waals surface area contributed by atoms with Crippen molar-refractivity contribution in [2.45, 2.75) is 19.6 Å². The van der Waals surface area contributed by atoms with E-state index in [4.69, 9.17) is 9.47 Å². The molecule has 0 aromatic heterocycles. The van der Waals surface area contributed by atoms with Crippen LogP contribution < -0.4 is 15.4 Å². The summed E-state index contributed by atoms with van der Waals surface area (Å²) in [4.78, 5) is 11.8. The molecule has 6 heteroatoms. The molecule has 2 N–H and O–H groups in total. The predicted octanol–water partition coefficient (Wildman–Crippen LogP) is 2.42. The Bertz CT molecular complexity index is 680. The van der Waals surface area contributed by atoms with Crippen LogP contribution in [0.1, 0.15) is 16.7 Å². The van der Waals surface area contributed by atoms with E-state index in [1.807, 2.05) is 30.3 Å². The Labute approximate surface area is 154 Å². The molecule has 1 heterocycles. The van der Waals surface area contributed by atoms with Crippen LogP contribution in [0.4, 0.5) is 0 Å². The van der Waals surface area contributed by atoms with Crippen LogP contribution in [0, 0.1) is 0 Å². The molecule has 0 aliphatic carbocycles. The number of nitrogens with one attached hydrogen (secondary N) is 2. The van der Waals surface area contributed by atoms with Gasteiger partial charge in [-0.2, -0.15) is 0 Å². The highest BCUT2D eigenvalue weighted by molar-refractivity contribution is 5.85. The van der Waals surface area contributed by atoms with Gasteiger partial charge in [-0.1, -0.05) is 36.4 Å². The van der Waals surface area contributed by atoms with E-state index in [1.54, 1.807) is 0 Å². The minimum Gasteiger partial charge on any atom is -0.491 e. The normalized spacial score (nSPS) is 12.2. The molecule has 25 heavy (non-hydrogen) atoms. The molecule has 0 fully saturated rings. The van der Waals surface area contributed by atoms with Crippen molar-refractivity contribution < 1.29 is 14.3 Å². The number of para-hydroxylation sites is 1. The van der Waals surface area contributed by atoms with Crippen molar-refractivity contribution >= 4 is 18.3 Å². The van der Waals surface area contributed by atoms with Crippen molar-refractivity contribution in [2.75, 3.05) is 19.8 Å². The third-order valence-corrected chi connectivity index (χ3v) is 3.86. The second kappa shape index (κ2) is 10.0. The van der Waals surface area contributed by atoms with Gasteiger partial charge in [-0.3, -0.25) is 4.79 Å². The zero-order valence-electron chi connectivity index (χ0n) is 14.0. The highest BCUT2D eigenvalue weighted by Gasteiger charge is 2.10. The van der Waals surface area contributed by atoms with Crippen molar-refractivity contribution in [3.05, 3.63) is 65.2 Å². The molecule has 0 saturated carbocycles. The Balaban J connectivity index is 0.00000225. The zero-order valence-corrected chi connectivity index (χ0v) is 14.8. The van der Waals surface area contributed by atoms with Crippen LogP contribution in [0.3, 0.4) is 0 Å². The smallest absolute Gasteiger partial charge is 0.246 e. The van der Waals surface area contributed by atoms with Crippen LogP contribution in [0.5, 0.6) is 5.75 Å². The Morgan fingerprint density at radius 1 is 1.04 bits per heavy atom. The van der Waals surface area contributed by atoms with Crippen molar-refractivity contribution in [2.24, 2.45) is 0 Å². The van der Waals surface area contributed by atoms with Gasteiger partial charge in [-0.15, -0.1) is 12.4 Å². The van der Waals surface area contributed by atoms with E-state index in [0.29, 0.717) is 19.8 Å². The van der Waals surface area contributed by atoms with Crippen LogP contribution in [-0.2, 0) is 29.2 Å². The molecule has 1 aliphatic heterocycles. The molecule has 0 saturated heterocycles. The minimum absolute atomic E-state index is 0. The van der Waals surface area contributed by atoms with Gasteiger partial charge >= 0.3 is 0 Å². The van der Waals surface area contributed by atoms with E-state index in [2.05, 4.69) is 28.8 Å². The molecule has 0 bridgehead atoms. The number of carbonyl (C=O) groups is 1. The number of hydrogen-bond donors (Lipinski definition) is 2. The lowest BCUT2D eigenvalue weighted by Crippen LogP contribution is -2.28. The SMILES string of the molecule is Cl.O=C(COCCOc1ccccc1)NCc1ccc2c(c1)CNC2. The molecular weight excluding hydrogens is 340 g/mol. The molecular formula is C19H23ClN2O3. The first kappa shape index (κ1) is 19.2. The van der Waals surface area contributed by atoms with E-state index in [-0.39, 0.29) is 24.9 Å². The number of hydrogen-bond acceptors (Lipinski definition) is 4. The van der Waals surface area contributed by atoms with Gasteiger partial charge in [0.15, 0.2) is 0 Å². The van der Waals surface area contributed by atoms with E-state index >= 15 is 0 Å². The lowest BCUT2D eigenvalue weighted by atomic mass is 10.1. The first-order valence-electron chi connectivity index (χ1n) is 8.15. The number of fused-ring (bicyclic) bond motifs is 1. The van der Waals surface area contributed by atoms with Gasteiger partial charge in [0.1, 0.15) is 19.0 Å². The number of halogens is 1. The van der Waals surface area contributed by atoms with Gasteiger partial charge in [0.2, 0.25) is 5.91 Å². The molecule has 0 radical (unpaired) electrons. The fourth-order valence-electron chi connectivity index (χ4n) is 2.61. The standard InChI is InChI=1S/C19H22N2O3.ClH/c22-19(14-23-8-9-24-18-4-2-1-3-5-18)21-11-15-6-7-16-12-20-13-17(16)10-15;/h1-7,10,20H,8-9,11-14H2,(H,21,22);1H. The van der Waals surface area contributed by atoms with Gasteiger partial charge in [-0.05, 0) is 28.8 Å². The van der Waals surface area contributed by atoms with Crippen LogP contribution in [0.15, 0.2) is 48.5 Å². The zero-order chi connectivity index (χ0) is 16.6. The highest BCUT2D eigenvalue weighted by Crippen LogP contribution is 2.16. The van der Waals surface area contributed by atoms with Crippen molar-refractivity contribution in [1.29, 1.82) is 0 Å². The van der Waals surface area contributed by atoms with E-state index in [1.165, 1.54) is 11.1 Å². The second-order valence-electron chi connectivity index (χ2n) is 5.70. The largest absolute Gasteiger partial charge is 0.491 e. The third kappa shape index (κ3) is 6.05. The van der Waals surface area contributed by atoms with Crippen LogP contribution >= 0.6 is 12.4 Å². The van der Waals surface area contributed by atoms with E-state index in [9.17, 15) is 4.79 Å². The molecule has 1 amide bonds. The average molecular weight is 363 g/mol. The number of rotatable bonds is 8. The van der Waals surface area contributed by atoms with Gasteiger partial charge in [0.05, 0.1) is 6.61 Å². The van der Waals surface area contributed by atoms with Gasteiger partial charge in [0, 0.05) is 19.6 Å². The predicted molar refractivity (Wildman–Crippen MR) is 98.8 cm³/mol. The molecule has 2 aromatic carbocycles. The first-order valence-corrected chi connectivity index (χ1v) is 8.15. The molecule has 0 atom stereocenters. The topological polar surface area (TPSA) is 59.6 Å². The Morgan fingerprint density at radius 3 is 2.68 bits per heavy atom. The number of ether oxygens (including phenoxy) is 2. The van der Waals surface area contributed by atoms with Gasteiger partial charge in [-0.25, -0.2) is 0 Å². The lowest BCUT2D eigenvalue weighted by Gasteiger charge is -2.09. The molecule has 0 unspecified atom stereocenters. The number of carbonyl (C=O) groups excluding carboxylic acids is 1. The summed E-state index contributed by atoms with van der Waals surface area (Å²) in [5, 5.41) is 6.19. The fourth-order valence-corrected chi connectivity index (χ4v) is 2.61. The number of amides is 1. The monoisotopic (exact) mass is 362 g/mol. The Hall–Kier alpha value is -2.08. The Kier molecular flexibility index (Phi) is 7.73. The minimum atomic E-state index is -0.117. The number of benzene rings is 2. The van der Waals surface area contributed by atoms with Crippen molar-refractivity contribution in [3.8, 4) is 5.75 Å². The van der Waals surface area contributed by atoms with Crippen LogP contribution in [-0.4, -0.2) is 25.7 Å². The Morgan fingerprint density at radius 2 is 1.84 bits per heavy atom. The summed E-state index contributed by atoms with van der Waals surface area (Å²) >= 11 is 0.